The summed E-state index contributed by atoms with van der Waals surface area (Å²) in [6.45, 7) is 3.56. The Bertz CT molecular complexity index is 595. The second kappa shape index (κ2) is 4.61. The summed E-state index contributed by atoms with van der Waals surface area (Å²) >= 11 is 5.78. The minimum absolute atomic E-state index is 0.129. The number of halogens is 4. The fourth-order valence-electron chi connectivity index (χ4n) is 1.58. The molecule has 0 aliphatic carbocycles. The van der Waals surface area contributed by atoms with E-state index in [-0.39, 0.29) is 16.9 Å². The molecule has 96 valence electrons. The fraction of sp³-hybridized carbons (Fsp3) is 0.273. The first-order chi connectivity index (χ1) is 8.41. The quantitative estimate of drug-likeness (QED) is 0.786. The maximum atomic E-state index is 13.7. The average molecular weight is 276 g/mol. The minimum atomic E-state index is -1.29. The van der Waals surface area contributed by atoms with Gasteiger partial charge < -0.3 is 0 Å². The van der Waals surface area contributed by atoms with Crippen LogP contribution in [-0.2, 0) is 0 Å². The molecule has 7 heteroatoms. The predicted molar refractivity (Wildman–Crippen MR) is 60.3 cm³/mol. The van der Waals surface area contributed by atoms with Crippen molar-refractivity contribution in [1.82, 2.24) is 14.8 Å². The van der Waals surface area contributed by atoms with Gasteiger partial charge >= 0.3 is 0 Å². The zero-order valence-corrected chi connectivity index (χ0v) is 10.3. The lowest BCUT2D eigenvalue weighted by molar-refractivity contribution is 0.489. The van der Waals surface area contributed by atoms with Gasteiger partial charge in [-0.2, -0.15) is 0 Å². The summed E-state index contributed by atoms with van der Waals surface area (Å²) < 4.78 is 41.1. The van der Waals surface area contributed by atoms with E-state index in [2.05, 4.69) is 10.2 Å². The lowest BCUT2D eigenvalue weighted by Gasteiger charge is -2.11. The van der Waals surface area contributed by atoms with Crippen LogP contribution in [0.4, 0.5) is 13.2 Å². The molecule has 0 radical (unpaired) electrons. The molecule has 0 aliphatic rings. The van der Waals surface area contributed by atoms with Gasteiger partial charge in [0, 0.05) is 18.1 Å². The smallest absolute Gasteiger partial charge is 0.229 e. The van der Waals surface area contributed by atoms with E-state index >= 15 is 0 Å². The molecule has 1 aromatic carbocycles. The number of rotatable bonds is 2. The zero-order chi connectivity index (χ0) is 13.4. The van der Waals surface area contributed by atoms with E-state index in [0.29, 0.717) is 11.9 Å². The molecule has 0 N–H and O–H groups in total. The Morgan fingerprint density at radius 2 is 1.83 bits per heavy atom. The van der Waals surface area contributed by atoms with Crippen LogP contribution in [0.25, 0.3) is 5.69 Å². The van der Waals surface area contributed by atoms with E-state index in [9.17, 15) is 13.2 Å². The van der Waals surface area contributed by atoms with Crippen LogP contribution in [0.15, 0.2) is 12.1 Å². The molecule has 0 unspecified atom stereocenters. The molecule has 1 aromatic heterocycles. The lowest BCUT2D eigenvalue weighted by Crippen LogP contribution is -2.07. The Kier molecular flexibility index (Phi) is 3.30. The van der Waals surface area contributed by atoms with Gasteiger partial charge in [-0.05, 0) is 11.6 Å². The van der Waals surface area contributed by atoms with E-state index in [4.69, 9.17) is 11.6 Å². The lowest BCUT2D eigenvalue weighted by atomic mass is 10.2. The van der Waals surface area contributed by atoms with Gasteiger partial charge in [-0.15, -0.1) is 10.2 Å². The van der Waals surface area contributed by atoms with Crippen molar-refractivity contribution in [2.75, 3.05) is 0 Å². The molecule has 0 spiro atoms. The topological polar surface area (TPSA) is 30.7 Å². The Balaban J connectivity index is 2.73. The second-order valence-electron chi connectivity index (χ2n) is 4.04. The Hall–Kier alpha value is -1.56. The summed E-state index contributed by atoms with van der Waals surface area (Å²) in [5.74, 6) is -3.19. The summed E-state index contributed by atoms with van der Waals surface area (Å²) in [5, 5.41) is 7.19. The first kappa shape index (κ1) is 12.9. The van der Waals surface area contributed by atoms with Crippen molar-refractivity contribution in [3.8, 4) is 5.69 Å². The van der Waals surface area contributed by atoms with Crippen LogP contribution < -0.4 is 0 Å². The molecule has 2 aromatic rings. The molecule has 0 amide bonds. The second-order valence-corrected chi connectivity index (χ2v) is 4.38. The highest BCUT2D eigenvalue weighted by molar-refractivity contribution is 6.28. The van der Waals surface area contributed by atoms with Crippen LogP contribution in [0, 0.1) is 17.5 Å². The number of hydrogen-bond acceptors (Lipinski definition) is 2. The molecule has 0 fully saturated rings. The van der Waals surface area contributed by atoms with Crippen molar-refractivity contribution in [2.24, 2.45) is 0 Å². The van der Waals surface area contributed by atoms with Crippen LogP contribution >= 0.6 is 11.6 Å². The first-order valence-corrected chi connectivity index (χ1v) is 5.55. The van der Waals surface area contributed by atoms with Crippen LogP contribution in [0.2, 0.25) is 5.28 Å². The third-order valence-corrected chi connectivity index (χ3v) is 2.62. The SMILES string of the molecule is CC(C)c1nnc(Cl)n1-c1cc(F)cc(F)c1F. The normalized spacial score (nSPS) is 11.3. The first-order valence-electron chi connectivity index (χ1n) is 5.17. The van der Waals surface area contributed by atoms with E-state index < -0.39 is 17.5 Å². The van der Waals surface area contributed by atoms with Crippen LogP contribution in [0.5, 0.6) is 0 Å². The van der Waals surface area contributed by atoms with E-state index in [1.54, 1.807) is 13.8 Å². The summed E-state index contributed by atoms with van der Waals surface area (Å²) in [5.41, 5.74) is -0.341. The van der Waals surface area contributed by atoms with Crippen molar-refractivity contribution < 1.29 is 13.2 Å². The zero-order valence-electron chi connectivity index (χ0n) is 9.59. The van der Waals surface area contributed by atoms with E-state index in [0.717, 1.165) is 10.6 Å². The molecule has 0 atom stereocenters. The largest absolute Gasteiger partial charge is 0.266 e. The molecule has 0 aliphatic heterocycles. The highest BCUT2D eigenvalue weighted by atomic mass is 35.5. The highest BCUT2D eigenvalue weighted by Crippen LogP contribution is 2.26. The van der Waals surface area contributed by atoms with E-state index in [1.165, 1.54) is 0 Å². The number of hydrogen-bond donors (Lipinski definition) is 0. The standard InChI is InChI=1S/C11H9ClF3N3/c1-5(2)10-16-17-11(12)18(10)8-4-6(13)3-7(14)9(8)15/h3-5H,1-2H3. The average Bonchev–Trinajstić information content (AvgIpc) is 2.65. The van der Waals surface area contributed by atoms with E-state index in [1.807, 2.05) is 0 Å². The molecular formula is C11H9ClF3N3. The number of aromatic nitrogens is 3. The molecular weight excluding hydrogens is 267 g/mol. The highest BCUT2D eigenvalue weighted by Gasteiger charge is 2.20. The van der Waals surface area contributed by atoms with Crippen molar-refractivity contribution in [3.63, 3.8) is 0 Å². The number of nitrogens with zero attached hydrogens (tertiary/aromatic N) is 3. The van der Waals surface area contributed by atoms with Crippen molar-refractivity contribution in [3.05, 3.63) is 40.7 Å². The van der Waals surface area contributed by atoms with Gasteiger partial charge in [-0.3, -0.25) is 4.57 Å². The molecule has 2 rings (SSSR count). The van der Waals surface area contributed by atoms with Crippen molar-refractivity contribution in [1.29, 1.82) is 0 Å². The number of benzene rings is 1. The van der Waals surface area contributed by atoms with Crippen LogP contribution in [-0.4, -0.2) is 14.8 Å². The summed E-state index contributed by atoms with van der Waals surface area (Å²) in [7, 11) is 0. The van der Waals surface area contributed by atoms with Gasteiger partial charge in [0.25, 0.3) is 0 Å². The third-order valence-electron chi connectivity index (χ3n) is 2.38. The fourth-order valence-corrected chi connectivity index (χ4v) is 1.79. The van der Waals surface area contributed by atoms with Gasteiger partial charge in [0.05, 0.1) is 5.69 Å². The van der Waals surface area contributed by atoms with Gasteiger partial charge in [-0.25, -0.2) is 13.2 Å². The third kappa shape index (κ3) is 2.08. The molecule has 0 saturated carbocycles. The minimum Gasteiger partial charge on any atom is -0.266 e. The molecule has 0 bridgehead atoms. The predicted octanol–water partition coefficient (Wildman–Crippen LogP) is 3.46. The summed E-state index contributed by atoms with van der Waals surface area (Å²) in [4.78, 5) is 0. The monoisotopic (exact) mass is 275 g/mol. The van der Waals surface area contributed by atoms with Crippen molar-refractivity contribution in [2.45, 2.75) is 19.8 Å². The van der Waals surface area contributed by atoms with Crippen LogP contribution in [0.3, 0.4) is 0 Å². The molecule has 18 heavy (non-hydrogen) atoms. The summed E-state index contributed by atoms with van der Waals surface area (Å²) in [6.07, 6.45) is 0. The maximum absolute atomic E-state index is 13.7. The van der Waals surface area contributed by atoms with Crippen molar-refractivity contribution >= 4 is 11.6 Å². The van der Waals surface area contributed by atoms with Gasteiger partial charge in [-0.1, -0.05) is 13.8 Å². The van der Waals surface area contributed by atoms with Gasteiger partial charge in [0.15, 0.2) is 11.6 Å². The molecule has 3 nitrogen and oxygen atoms in total. The van der Waals surface area contributed by atoms with Crippen LogP contribution in [0.1, 0.15) is 25.6 Å². The van der Waals surface area contributed by atoms with Gasteiger partial charge in [0.2, 0.25) is 5.28 Å². The summed E-state index contributed by atoms with van der Waals surface area (Å²) in [6, 6.07) is 1.31. The maximum Gasteiger partial charge on any atom is 0.229 e. The molecule has 1 heterocycles. The Labute approximate surface area is 106 Å². The Morgan fingerprint density at radius 1 is 1.17 bits per heavy atom. The van der Waals surface area contributed by atoms with Gasteiger partial charge in [0.1, 0.15) is 11.6 Å². The molecule has 0 saturated heterocycles. The Morgan fingerprint density at radius 3 is 2.44 bits per heavy atom.